The van der Waals surface area contributed by atoms with Gasteiger partial charge in [0.2, 0.25) is 0 Å². The summed E-state index contributed by atoms with van der Waals surface area (Å²) < 4.78 is 117. The zero-order chi connectivity index (χ0) is 35.9. The molecular weight excluding hydrogens is 859 g/mol. The van der Waals surface area contributed by atoms with Crippen molar-refractivity contribution in [1.29, 1.82) is 0 Å². The molecule has 0 amide bonds. The standard InChI is InChI=1S/C12H10I.6FH2O3P/c1-3-7-11(8-4-1)13-12-9-5-2-6-10-12;6*1-5(2,3)4/h1-10H;6*(H2,2,3,4)/q+1;;;;;;/p-1. The number of hydrogen-bond donors (Lipinski definition) is 11. The summed E-state index contributed by atoms with van der Waals surface area (Å²) in [7, 11) is -31.1. The van der Waals surface area contributed by atoms with E-state index in [1.807, 2.05) is 0 Å². The van der Waals surface area contributed by atoms with Crippen LogP contribution in [0.3, 0.4) is 0 Å². The maximum atomic E-state index is 10.4. The molecule has 11 N–H and O–H groups in total. The Balaban J connectivity index is -0.000000139. The third-order valence-electron chi connectivity index (χ3n) is 1.68. The van der Waals surface area contributed by atoms with Crippen molar-refractivity contribution in [2.24, 2.45) is 0 Å². The normalized spacial score (nSPS) is 12.3. The van der Waals surface area contributed by atoms with Crippen molar-refractivity contribution < 1.29 is 132 Å². The maximum Gasteiger partial charge on any atom is 0.507 e. The van der Waals surface area contributed by atoms with Crippen LogP contribution < -0.4 is 26.1 Å². The van der Waals surface area contributed by atoms with Gasteiger partial charge in [-0.25, -0.2) is 22.8 Å². The van der Waals surface area contributed by atoms with Gasteiger partial charge in [0.1, 0.15) is 0 Å². The second-order valence-corrected chi connectivity index (χ2v) is 14.2. The van der Waals surface area contributed by atoms with Crippen molar-refractivity contribution >= 4 is 47.4 Å². The van der Waals surface area contributed by atoms with Crippen LogP contribution in [0.15, 0.2) is 60.7 Å². The summed E-state index contributed by atoms with van der Waals surface area (Å²) in [6, 6.07) is 21.4. The summed E-state index contributed by atoms with van der Waals surface area (Å²) >= 11 is 0.0287. The molecule has 2 aromatic carbocycles. The first kappa shape index (κ1) is 52.2. The average Bonchev–Trinajstić information content (AvgIpc) is 2.61. The van der Waals surface area contributed by atoms with E-state index in [1.165, 1.54) is 7.14 Å². The fourth-order valence-corrected chi connectivity index (χ4v) is 3.35. The monoisotopic (exact) mass is 880 g/mol. The molecule has 31 heteroatoms. The molecule has 18 nitrogen and oxygen atoms in total. The molecule has 0 aliphatic carbocycles. The Kier molecular flexibility index (Phi) is 30.1. The van der Waals surface area contributed by atoms with Crippen LogP contribution in [0.1, 0.15) is 0 Å². The third-order valence-corrected chi connectivity index (χ3v) is 4.37. The summed E-state index contributed by atoms with van der Waals surface area (Å²) in [5, 5.41) is 0. The van der Waals surface area contributed by atoms with E-state index in [9.17, 15) is 25.2 Å². The zero-order valence-electron chi connectivity index (χ0n) is 19.9. The van der Waals surface area contributed by atoms with Crippen molar-refractivity contribution in [2.45, 2.75) is 0 Å². The summed E-state index contributed by atoms with van der Waals surface area (Å²) in [6.45, 7) is 0. The number of hydrogen-bond acceptors (Lipinski definition) is 7. The van der Waals surface area contributed by atoms with Crippen LogP contribution in [0.5, 0.6) is 0 Å². The van der Waals surface area contributed by atoms with E-state index in [4.69, 9.17) is 86.1 Å². The molecule has 0 spiro atoms. The van der Waals surface area contributed by atoms with Crippen LogP contribution >= 0.6 is 47.4 Å². The van der Waals surface area contributed by atoms with Crippen molar-refractivity contribution in [3.8, 4) is 0 Å². The van der Waals surface area contributed by atoms with Crippen LogP contribution in [0.2, 0.25) is 0 Å². The lowest BCUT2D eigenvalue weighted by atomic mass is 10.4. The second kappa shape index (κ2) is 24.8. The van der Waals surface area contributed by atoms with E-state index in [2.05, 4.69) is 60.7 Å². The van der Waals surface area contributed by atoms with E-state index in [-0.39, 0.29) is 21.2 Å². The molecule has 1 atom stereocenters. The molecule has 0 aliphatic rings. The zero-order valence-corrected chi connectivity index (χ0v) is 27.4. The Morgan fingerprint density at radius 1 is 0.419 bits per heavy atom. The van der Waals surface area contributed by atoms with E-state index in [0.29, 0.717) is 0 Å². The quantitative estimate of drug-likeness (QED) is 0.103. The minimum absolute atomic E-state index is 0.0287. The lowest BCUT2D eigenvalue weighted by Crippen LogP contribution is -3.61. The van der Waals surface area contributed by atoms with Gasteiger partial charge in [-0.1, -0.05) is 36.4 Å². The fourth-order valence-electron chi connectivity index (χ4n) is 1.08. The first-order chi connectivity index (χ1) is 18.4. The van der Waals surface area contributed by atoms with Crippen molar-refractivity contribution in [3.05, 3.63) is 67.8 Å². The van der Waals surface area contributed by atoms with Gasteiger partial charge in [0.25, 0.3) is 0 Å². The third kappa shape index (κ3) is 170. The van der Waals surface area contributed by atoms with Gasteiger partial charge in [-0.05, 0) is 24.3 Å². The highest BCUT2D eigenvalue weighted by Crippen LogP contribution is 2.36. The van der Waals surface area contributed by atoms with Gasteiger partial charge in [0.15, 0.2) is 7.14 Å². The van der Waals surface area contributed by atoms with Crippen molar-refractivity contribution in [1.82, 2.24) is 0 Å². The molecular formula is C12H21F6IO18P6. The molecule has 2 rings (SSSR count). The fraction of sp³-hybridized carbons (Fsp3) is 0. The van der Waals surface area contributed by atoms with Gasteiger partial charge in [-0.3, -0.25) is 53.5 Å². The minimum Gasteiger partial charge on any atom is -0.753 e. The largest absolute Gasteiger partial charge is 0.753 e. The van der Waals surface area contributed by atoms with E-state index in [0.717, 1.165) is 0 Å². The van der Waals surface area contributed by atoms with E-state index in [1.54, 1.807) is 0 Å². The Labute approximate surface area is 247 Å². The molecule has 0 saturated heterocycles. The highest BCUT2D eigenvalue weighted by molar-refractivity contribution is 7.46. The highest BCUT2D eigenvalue weighted by atomic mass is 127. The Bertz CT molecular complexity index is 1020. The summed E-state index contributed by atoms with van der Waals surface area (Å²) in [5.74, 6) is 0. The average molecular weight is 880 g/mol. The molecule has 0 aromatic heterocycles. The number of rotatable bonds is 2. The molecule has 0 saturated carbocycles. The van der Waals surface area contributed by atoms with Gasteiger partial charge in [-0.15, -0.1) is 21.0 Å². The first-order valence-electron chi connectivity index (χ1n) is 8.69. The number of halogens is 7. The van der Waals surface area contributed by atoms with Gasteiger partial charge >= 0.3 is 68.6 Å². The molecule has 0 fully saturated rings. The van der Waals surface area contributed by atoms with Crippen LogP contribution in [-0.4, -0.2) is 53.8 Å². The molecule has 1 unspecified atom stereocenters. The molecule has 0 heterocycles. The Hall–Kier alpha value is -0.350. The van der Waals surface area contributed by atoms with Gasteiger partial charge < -0.3 is 9.79 Å². The van der Waals surface area contributed by atoms with Crippen molar-refractivity contribution in [2.75, 3.05) is 0 Å². The topological polar surface area (TPSA) is 348 Å². The summed E-state index contributed by atoms with van der Waals surface area (Å²) in [5.41, 5.74) is 0. The number of benzene rings is 2. The molecule has 0 aliphatic heterocycles. The maximum absolute atomic E-state index is 10.4. The highest BCUT2D eigenvalue weighted by Gasteiger charge is 2.13. The van der Waals surface area contributed by atoms with Crippen LogP contribution in [0, 0.1) is 7.14 Å². The molecule has 256 valence electrons. The van der Waals surface area contributed by atoms with E-state index >= 15 is 0 Å². The van der Waals surface area contributed by atoms with Crippen LogP contribution in [0.4, 0.5) is 25.2 Å². The summed E-state index contributed by atoms with van der Waals surface area (Å²) in [6.07, 6.45) is 0. The lowest BCUT2D eigenvalue weighted by molar-refractivity contribution is -0.597. The second-order valence-electron chi connectivity index (χ2n) is 5.50. The van der Waals surface area contributed by atoms with Crippen LogP contribution in [-0.2, 0) is 27.4 Å². The molecule has 43 heavy (non-hydrogen) atoms. The molecule has 0 radical (unpaired) electrons. The van der Waals surface area contributed by atoms with Gasteiger partial charge in [0.05, 0.1) is 0 Å². The SMILES string of the molecule is O=P(O)(O)F.O=P(O)(O)F.O=P(O)(O)F.O=P(O)(O)F.O=P(O)(O)F.O=P([O-])(O)F.c1ccc([I+]c2ccccc2)cc1. The Morgan fingerprint density at radius 2 is 0.535 bits per heavy atom. The van der Waals surface area contributed by atoms with Gasteiger partial charge in [-0.2, -0.15) is 4.20 Å². The minimum atomic E-state index is -5.39. The summed E-state index contributed by atoms with van der Waals surface area (Å²) in [4.78, 5) is 85.1. The predicted molar refractivity (Wildman–Crippen MR) is 127 cm³/mol. The Morgan fingerprint density at radius 3 is 0.651 bits per heavy atom. The van der Waals surface area contributed by atoms with E-state index < -0.39 is 47.4 Å². The van der Waals surface area contributed by atoms with Crippen molar-refractivity contribution in [3.63, 3.8) is 0 Å². The smallest absolute Gasteiger partial charge is 0.507 e. The van der Waals surface area contributed by atoms with Crippen LogP contribution in [0.25, 0.3) is 0 Å². The predicted octanol–water partition coefficient (Wildman–Crippen LogP) is -0.525. The molecule has 2 aromatic rings. The first-order valence-corrected chi connectivity index (χ1v) is 19.8. The van der Waals surface area contributed by atoms with Gasteiger partial charge in [0, 0.05) is 0 Å². The molecule has 0 bridgehead atoms. The lowest BCUT2D eigenvalue weighted by Gasteiger charge is -1.97.